The number of hydrogen-bond donors (Lipinski definition) is 3. The Hall–Kier alpha value is -2.29. The van der Waals surface area contributed by atoms with Gasteiger partial charge in [-0.2, -0.15) is 0 Å². The summed E-state index contributed by atoms with van der Waals surface area (Å²) in [5.74, 6) is 0.557. The second-order valence-corrected chi connectivity index (χ2v) is 10.4. The van der Waals surface area contributed by atoms with E-state index in [9.17, 15) is 13.2 Å². The fourth-order valence-electron chi connectivity index (χ4n) is 3.94. The van der Waals surface area contributed by atoms with E-state index < -0.39 is 10.0 Å². The molecule has 0 bridgehead atoms. The standard InChI is InChI=1S/C24H31N3O3S2/c28-23(16-11-19-7-3-1-4-8-19)27-24(31)26-21-12-14-22(15-13-21)32(29,30)25-18-17-20-9-5-2-6-10-20/h2,5-6,9-10,12-15,19,25H,1,3-4,7-8,11,16-18H2,(H2,26,27,28,31). The van der Waals surface area contributed by atoms with E-state index in [1.54, 1.807) is 12.1 Å². The van der Waals surface area contributed by atoms with Gasteiger partial charge in [0.2, 0.25) is 15.9 Å². The normalized spacial score (nSPS) is 14.6. The maximum atomic E-state index is 12.5. The van der Waals surface area contributed by atoms with E-state index in [0.29, 0.717) is 31.0 Å². The number of anilines is 1. The van der Waals surface area contributed by atoms with Gasteiger partial charge >= 0.3 is 0 Å². The molecule has 0 unspecified atom stereocenters. The zero-order chi connectivity index (χ0) is 22.8. The third kappa shape index (κ3) is 8.00. The highest BCUT2D eigenvalue weighted by Gasteiger charge is 2.16. The van der Waals surface area contributed by atoms with Crippen LogP contribution in [0, 0.1) is 5.92 Å². The van der Waals surface area contributed by atoms with Gasteiger partial charge in [-0.3, -0.25) is 4.79 Å². The SMILES string of the molecule is O=C(CCC1CCCCC1)NC(=S)Nc1ccc(S(=O)(=O)NCCc2ccccc2)cc1. The van der Waals surface area contributed by atoms with Crippen molar-refractivity contribution in [3.05, 3.63) is 60.2 Å². The fourth-order valence-corrected chi connectivity index (χ4v) is 5.20. The molecule has 32 heavy (non-hydrogen) atoms. The van der Waals surface area contributed by atoms with Crippen molar-refractivity contribution in [3.63, 3.8) is 0 Å². The quantitative estimate of drug-likeness (QED) is 0.471. The molecule has 1 amide bonds. The maximum Gasteiger partial charge on any atom is 0.240 e. The number of nitrogens with one attached hydrogen (secondary N) is 3. The lowest BCUT2D eigenvalue weighted by molar-refractivity contribution is -0.120. The highest BCUT2D eigenvalue weighted by Crippen LogP contribution is 2.27. The average Bonchev–Trinajstić information content (AvgIpc) is 2.79. The average molecular weight is 474 g/mol. The monoisotopic (exact) mass is 473 g/mol. The van der Waals surface area contributed by atoms with Crippen LogP contribution in [0.2, 0.25) is 0 Å². The second-order valence-electron chi connectivity index (χ2n) is 8.20. The van der Waals surface area contributed by atoms with Crippen molar-refractivity contribution in [1.29, 1.82) is 0 Å². The van der Waals surface area contributed by atoms with Crippen LogP contribution in [-0.4, -0.2) is 26.0 Å². The minimum absolute atomic E-state index is 0.0881. The Labute approximate surface area is 196 Å². The van der Waals surface area contributed by atoms with E-state index in [4.69, 9.17) is 12.2 Å². The Kier molecular flexibility index (Phi) is 9.20. The van der Waals surface area contributed by atoms with Crippen molar-refractivity contribution >= 4 is 38.9 Å². The highest BCUT2D eigenvalue weighted by atomic mass is 32.2. The molecule has 6 nitrogen and oxygen atoms in total. The predicted molar refractivity (Wildman–Crippen MR) is 132 cm³/mol. The summed E-state index contributed by atoms with van der Waals surface area (Å²) < 4.78 is 27.6. The Bertz CT molecular complexity index is 987. The van der Waals surface area contributed by atoms with E-state index in [1.165, 1.54) is 44.2 Å². The second kappa shape index (κ2) is 12.1. The number of carbonyl (C=O) groups excluding carboxylic acids is 1. The summed E-state index contributed by atoms with van der Waals surface area (Å²) >= 11 is 5.22. The van der Waals surface area contributed by atoms with Crippen LogP contribution in [-0.2, 0) is 21.2 Å². The van der Waals surface area contributed by atoms with Gasteiger partial charge in [0.25, 0.3) is 0 Å². The van der Waals surface area contributed by atoms with E-state index in [-0.39, 0.29) is 15.9 Å². The van der Waals surface area contributed by atoms with Crippen LogP contribution in [0.5, 0.6) is 0 Å². The van der Waals surface area contributed by atoms with E-state index >= 15 is 0 Å². The molecule has 0 atom stereocenters. The molecule has 0 radical (unpaired) electrons. The number of hydrogen-bond acceptors (Lipinski definition) is 4. The number of carbonyl (C=O) groups is 1. The van der Waals surface area contributed by atoms with Crippen molar-refractivity contribution in [2.75, 3.05) is 11.9 Å². The largest absolute Gasteiger partial charge is 0.332 e. The first-order valence-electron chi connectivity index (χ1n) is 11.2. The first-order chi connectivity index (χ1) is 15.4. The van der Waals surface area contributed by atoms with Crippen molar-refractivity contribution in [3.8, 4) is 0 Å². The van der Waals surface area contributed by atoms with Crippen LogP contribution in [0.1, 0.15) is 50.5 Å². The molecule has 1 saturated carbocycles. The van der Waals surface area contributed by atoms with Gasteiger partial charge in [-0.25, -0.2) is 13.1 Å². The van der Waals surface area contributed by atoms with E-state index in [0.717, 1.165) is 12.0 Å². The smallest absolute Gasteiger partial charge is 0.240 e. The zero-order valence-corrected chi connectivity index (χ0v) is 19.8. The van der Waals surface area contributed by atoms with Gasteiger partial charge in [-0.05, 0) is 60.8 Å². The van der Waals surface area contributed by atoms with Crippen molar-refractivity contribution < 1.29 is 13.2 Å². The highest BCUT2D eigenvalue weighted by molar-refractivity contribution is 7.89. The van der Waals surface area contributed by atoms with Crippen LogP contribution in [0.25, 0.3) is 0 Å². The summed E-state index contributed by atoms with van der Waals surface area (Å²) in [6.45, 7) is 0.323. The summed E-state index contributed by atoms with van der Waals surface area (Å²) in [7, 11) is -3.59. The Morgan fingerprint density at radius 2 is 1.66 bits per heavy atom. The van der Waals surface area contributed by atoms with Crippen LogP contribution in [0.3, 0.4) is 0 Å². The predicted octanol–water partition coefficient (Wildman–Crippen LogP) is 4.38. The number of thiocarbonyl (C=S) groups is 1. The lowest BCUT2D eigenvalue weighted by Crippen LogP contribution is -2.34. The molecule has 3 N–H and O–H groups in total. The molecule has 172 valence electrons. The lowest BCUT2D eigenvalue weighted by atomic mass is 9.86. The van der Waals surface area contributed by atoms with Gasteiger partial charge in [0.05, 0.1) is 4.90 Å². The van der Waals surface area contributed by atoms with E-state index in [1.807, 2.05) is 30.3 Å². The Morgan fingerprint density at radius 3 is 2.34 bits per heavy atom. The molecule has 0 saturated heterocycles. The van der Waals surface area contributed by atoms with Crippen LogP contribution in [0.4, 0.5) is 5.69 Å². The summed E-state index contributed by atoms with van der Waals surface area (Å²) in [4.78, 5) is 12.3. The summed E-state index contributed by atoms with van der Waals surface area (Å²) in [6.07, 6.45) is 8.26. The van der Waals surface area contributed by atoms with Crippen molar-refractivity contribution in [2.45, 2.75) is 56.3 Å². The molecule has 2 aromatic rings. The summed E-state index contributed by atoms with van der Waals surface area (Å²) in [5.41, 5.74) is 1.69. The Morgan fingerprint density at radius 1 is 0.969 bits per heavy atom. The third-order valence-corrected chi connectivity index (χ3v) is 7.41. The topological polar surface area (TPSA) is 87.3 Å². The molecule has 0 aliphatic heterocycles. The first kappa shape index (κ1) is 24.4. The van der Waals surface area contributed by atoms with E-state index in [2.05, 4.69) is 15.4 Å². The zero-order valence-electron chi connectivity index (χ0n) is 18.2. The van der Waals surface area contributed by atoms with Crippen LogP contribution >= 0.6 is 12.2 Å². The molecular weight excluding hydrogens is 442 g/mol. The van der Waals surface area contributed by atoms with Gasteiger partial charge in [0, 0.05) is 18.7 Å². The molecular formula is C24H31N3O3S2. The van der Waals surface area contributed by atoms with Gasteiger partial charge in [-0.15, -0.1) is 0 Å². The van der Waals surface area contributed by atoms with Gasteiger partial charge in [0.15, 0.2) is 5.11 Å². The fraction of sp³-hybridized carbons (Fsp3) is 0.417. The minimum Gasteiger partial charge on any atom is -0.332 e. The third-order valence-electron chi connectivity index (χ3n) is 5.73. The molecule has 1 fully saturated rings. The number of sulfonamides is 1. The Balaban J connectivity index is 1.42. The van der Waals surface area contributed by atoms with Crippen LogP contribution < -0.4 is 15.4 Å². The molecule has 3 rings (SSSR count). The minimum atomic E-state index is -3.59. The van der Waals surface area contributed by atoms with Gasteiger partial charge in [-0.1, -0.05) is 62.4 Å². The maximum absolute atomic E-state index is 12.5. The molecule has 0 spiro atoms. The summed E-state index contributed by atoms with van der Waals surface area (Å²) in [5, 5.41) is 5.86. The molecule has 2 aromatic carbocycles. The molecule has 1 aliphatic carbocycles. The first-order valence-corrected chi connectivity index (χ1v) is 13.1. The van der Waals surface area contributed by atoms with Crippen LogP contribution in [0.15, 0.2) is 59.5 Å². The van der Waals surface area contributed by atoms with Gasteiger partial charge in [0.1, 0.15) is 0 Å². The van der Waals surface area contributed by atoms with Crippen molar-refractivity contribution in [1.82, 2.24) is 10.0 Å². The number of benzene rings is 2. The molecule has 8 heteroatoms. The molecule has 1 aliphatic rings. The number of rotatable bonds is 9. The van der Waals surface area contributed by atoms with Gasteiger partial charge < -0.3 is 10.6 Å². The molecule has 0 heterocycles. The number of amides is 1. The van der Waals surface area contributed by atoms with Crippen molar-refractivity contribution in [2.24, 2.45) is 5.92 Å². The molecule has 0 aromatic heterocycles. The summed E-state index contributed by atoms with van der Waals surface area (Å²) in [6, 6.07) is 16.0. The lowest BCUT2D eigenvalue weighted by Gasteiger charge is -2.21.